The summed E-state index contributed by atoms with van der Waals surface area (Å²) in [4.78, 5) is 30.4. The van der Waals surface area contributed by atoms with E-state index in [1.54, 1.807) is 31.6 Å². The van der Waals surface area contributed by atoms with Crippen molar-refractivity contribution in [3.05, 3.63) is 89.7 Å². The van der Waals surface area contributed by atoms with Gasteiger partial charge in [-0.2, -0.15) is 10.1 Å². The Labute approximate surface area is 214 Å². The Hall–Kier alpha value is -3.85. The van der Waals surface area contributed by atoms with Gasteiger partial charge in [0.15, 0.2) is 17.7 Å². The van der Waals surface area contributed by atoms with E-state index in [4.69, 9.17) is 14.6 Å². The molecular formula is C27H28N4O4S. The highest BCUT2D eigenvalue weighted by Gasteiger charge is 2.36. The van der Waals surface area contributed by atoms with Gasteiger partial charge in [-0.3, -0.25) is 14.6 Å². The van der Waals surface area contributed by atoms with Crippen LogP contribution < -0.4 is 14.8 Å². The van der Waals surface area contributed by atoms with Crippen LogP contribution in [0.5, 0.6) is 11.5 Å². The number of carbonyl (C=O) groups excluding carboxylic acids is 2. The minimum atomic E-state index is -0.802. The average molecular weight is 505 g/mol. The van der Waals surface area contributed by atoms with Crippen LogP contribution in [-0.4, -0.2) is 45.8 Å². The molecule has 2 unspecified atom stereocenters. The van der Waals surface area contributed by atoms with Crippen molar-refractivity contribution in [2.75, 3.05) is 13.7 Å². The normalized spacial score (nSPS) is 16.2. The maximum Gasteiger partial charge on any atom is 0.304 e. The van der Waals surface area contributed by atoms with Crippen LogP contribution in [0.4, 0.5) is 4.79 Å². The summed E-state index contributed by atoms with van der Waals surface area (Å²) in [5.74, 6) is 0.896. The van der Waals surface area contributed by atoms with Gasteiger partial charge >= 0.3 is 5.24 Å². The molecule has 0 bridgehead atoms. The molecule has 36 heavy (non-hydrogen) atoms. The summed E-state index contributed by atoms with van der Waals surface area (Å²) < 4.78 is 11.2. The number of thioether (sulfide) groups is 1. The first kappa shape index (κ1) is 25.2. The van der Waals surface area contributed by atoms with Crippen molar-refractivity contribution < 1.29 is 19.1 Å². The fourth-order valence-electron chi connectivity index (χ4n) is 3.87. The van der Waals surface area contributed by atoms with Crippen molar-refractivity contribution in [2.24, 2.45) is 5.10 Å². The molecule has 1 N–H and O–H groups in total. The number of nitrogens with one attached hydrogen (secondary N) is 1. The summed E-state index contributed by atoms with van der Waals surface area (Å²) >= 11 is 1.19. The molecule has 0 aliphatic carbocycles. The van der Waals surface area contributed by atoms with Crippen molar-refractivity contribution in [3.8, 4) is 11.5 Å². The van der Waals surface area contributed by atoms with Gasteiger partial charge in [0.25, 0.3) is 5.91 Å². The average Bonchev–Trinajstić information content (AvgIpc) is 2.93. The van der Waals surface area contributed by atoms with E-state index in [9.17, 15) is 9.59 Å². The largest absolute Gasteiger partial charge is 0.493 e. The molecule has 9 heteroatoms. The van der Waals surface area contributed by atoms with Crippen molar-refractivity contribution in [1.82, 2.24) is 15.3 Å². The van der Waals surface area contributed by atoms with Crippen molar-refractivity contribution in [1.29, 1.82) is 0 Å². The minimum absolute atomic E-state index is 0.149. The Bertz CT molecular complexity index is 1240. The van der Waals surface area contributed by atoms with Crippen LogP contribution >= 0.6 is 11.8 Å². The number of hydrogen-bond acceptors (Lipinski definition) is 7. The molecule has 1 aliphatic heterocycles. The molecule has 0 saturated carbocycles. The predicted molar refractivity (Wildman–Crippen MR) is 140 cm³/mol. The first-order valence-corrected chi connectivity index (χ1v) is 12.6. The van der Waals surface area contributed by atoms with Gasteiger partial charge in [-0.1, -0.05) is 49.0 Å². The maximum atomic E-state index is 13.3. The van der Waals surface area contributed by atoms with Gasteiger partial charge in [-0.25, -0.2) is 0 Å². The van der Waals surface area contributed by atoms with Gasteiger partial charge in [0, 0.05) is 23.5 Å². The summed E-state index contributed by atoms with van der Waals surface area (Å²) in [5, 5.41) is 8.75. The third-order valence-electron chi connectivity index (χ3n) is 5.65. The molecule has 4 rings (SSSR count). The van der Waals surface area contributed by atoms with Crippen LogP contribution in [0.1, 0.15) is 47.9 Å². The lowest BCUT2D eigenvalue weighted by atomic mass is 10.0. The molecule has 3 aromatic rings. The molecule has 1 aromatic heterocycles. The molecule has 2 atom stereocenters. The molecule has 0 fully saturated rings. The number of carbonyl (C=O) groups is 2. The quantitative estimate of drug-likeness (QED) is 0.427. The van der Waals surface area contributed by atoms with E-state index < -0.39 is 6.17 Å². The van der Waals surface area contributed by atoms with Crippen LogP contribution in [0.15, 0.2) is 78.2 Å². The zero-order valence-electron chi connectivity index (χ0n) is 20.4. The van der Waals surface area contributed by atoms with E-state index in [0.29, 0.717) is 30.1 Å². The zero-order chi connectivity index (χ0) is 25.5. The second-order valence-electron chi connectivity index (χ2n) is 7.93. The number of ether oxygens (including phenoxy) is 2. The van der Waals surface area contributed by atoms with Crippen LogP contribution in [0.25, 0.3) is 0 Å². The summed E-state index contributed by atoms with van der Waals surface area (Å²) in [5.41, 5.74) is 2.72. The number of pyridine rings is 1. The molecule has 0 radical (unpaired) electrons. The number of rotatable bonds is 9. The van der Waals surface area contributed by atoms with Crippen LogP contribution in [0.2, 0.25) is 0 Å². The van der Waals surface area contributed by atoms with Gasteiger partial charge in [0.1, 0.15) is 0 Å². The fraction of sp³-hybridized carbons (Fsp3) is 0.259. The number of benzene rings is 2. The van der Waals surface area contributed by atoms with E-state index in [2.05, 4.69) is 10.3 Å². The summed E-state index contributed by atoms with van der Waals surface area (Å²) in [6, 6.07) is 18.2. The molecule has 8 nitrogen and oxygen atoms in total. The van der Waals surface area contributed by atoms with Crippen molar-refractivity contribution >= 4 is 28.6 Å². The molecule has 0 saturated heterocycles. The number of nitrogens with zero attached hydrogens (tertiary/aromatic N) is 3. The number of aromatic nitrogens is 1. The number of methoxy groups -OCH3 is 1. The van der Waals surface area contributed by atoms with Crippen LogP contribution in [-0.2, 0) is 0 Å². The Morgan fingerprint density at radius 1 is 1.08 bits per heavy atom. The van der Waals surface area contributed by atoms with Crippen LogP contribution in [0.3, 0.4) is 0 Å². The standard InChI is InChI=1S/C27H28N4O4S/c1-4-23-24(20-11-12-21(35-5-2)22(17-20)34-3)30-31(27(33)36-23)25(18-9-7-6-8-10-18)29-26(32)19-13-15-28-16-14-19/h6-17,23,25H,4-5H2,1-3H3,(H,29,32). The van der Waals surface area contributed by atoms with Crippen molar-refractivity contribution in [3.63, 3.8) is 0 Å². The van der Waals surface area contributed by atoms with Gasteiger partial charge in [0.05, 0.1) is 24.7 Å². The van der Waals surface area contributed by atoms with E-state index in [0.717, 1.165) is 16.8 Å². The first-order chi connectivity index (χ1) is 17.5. The highest BCUT2D eigenvalue weighted by Crippen LogP contribution is 2.36. The SMILES string of the molecule is CCOc1ccc(C2=NN(C(NC(=O)c3ccncc3)c3ccccc3)C(=O)SC2CC)cc1OC. The lowest BCUT2D eigenvalue weighted by molar-refractivity contribution is 0.0887. The second kappa shape index (κ2) is 11.7. The Morgan fingerprint density at radius 2 is 1.83 bits per heavy atom. The number of amides is 2. The predicted octanol–water partition coefficient (Wildman–Crippen LogP) is 5.27. The third kappa shape index (κ3) is 5.52. The smallest absolute Gasteiger partial charge is 0.304 e. The molecule has 1 aliphatic rings. The lowest BCUT2D eigenvalue weighted by Gasteiger charge is -2.34. The van der Waals surface area contributed by atoms with E-state index in [1.807, 2.05) is 62.4 Å². The van der Waals surface area contributed by atoms with Gasteiger partial charge < -0.3 is 14.8 Å². The molecule has 2 amide bonds. The van der Waals surface area contributed by atoms with E-state index in [-0.39, 0.29) is 16.4 Å². The highest BCUT2D eigenvalue weighted by atomic mass is 32.2. The Kier molecular flexibility index (Phi) is 8.22. The molecule has 2 aromatic carbocycles. The summed E-state index contributed by atoms with van der Waals surface area (Å²) in [6.45, 7) is 4.44. The monoisotopic (exact) mass is 504 g/mol. The first-order valence-electron chi connectivity index (χ1n) is 11.7. The lowest BCUT2D eigenvalue weighted by Crippen LogP contribution is -2.44. The fourth-order valence-corrected chi connectivity index (χ4v) is 4.83. The Morgan fingerprint density at radius 3 is 2.50 bits per heavy atom. The van der Waals surface area contributed by atoms with Crippen molar-refractivity contribution in [2.45, 2.75) is 31.7 Å². The minimum Gasteiger partial charge on any atom is -0.493 e. The molecule has 0 spiro atoms. The Balaban J connectivity index is 1.76. The topological polar surface area (TPSA) is 93.1 Å². The summed E-state index contributed by atoms with van der Waals surface area (Å²) in [6.07, 6.45) is 3.01. The van der Waals surface area contributed by atoms with E-state index >= 15 is 0 Å². The van der Waals surface area contributed by atoms with Crippen LogP contribution in [0, 0.1) is 0 Å². The molecule has 2 heterocycles. The molecular weight excluding hydrogens is 476 g/mol. The highest BCUT2D eigenvalue weighted by molar-refractivity contribution is 8.14. The number of hydrazone groups is 1. The zero-order valence-corrected chi connectivity index (χ0v) is 21.2. The second-order valence-corrected chi connectivity index (χ2v) is 9.09. The number of hydrogen-bond donors (Lipinski definition) is 1. The van der Waals surface area contributed by atoms with Gasteiger partial charge in [0.2, 0.25) is 0 Å². The molecule has 186 valence electrons. The summed E-state index contributed by atoms with van der Waals surface area (Å²) in [7, 11) is 1.59. The third-order valence-corrected chi connectivity index (χ3v) is 6.88. The maximum absolute atomic E-state index is 13.3. The van der Waals surface area contributed by atoms with E-state index in [1.165, 1.54) is 16.8 Å². The van der Waals surface area contributed by atoms with Gasteiger partial charge in [-0.15, -0.1) is 0 Å². The van der Waals surface area contributed by atoms with Gasteiger partial charge in [-0.05, 0) is 49.2 Å².